The number of benzene rings is 2. The van der Waals surface area contributed by atoms with Gasteiger partial charge in [0.1, 0.15) is 16.9 Å². The van der Waals surface area contributed by atoms with Gasteiger partial charge in [-0.05, 0) is 42.3 Å². The topological polar surface area (TPSA) is 109 Å². The van der Waals surface area contributed by atoms with Crippen molar-refractivity contribution in [3.8, 4) is 17.6 Å². The van der Waals surface area contributed by atoms with Crippen LogP contribution in [0.5, 0.6) is 11.5 Å². The smallest absolute Gasteiger partial charge is 0.317 e. The molecular weight excluding hydrogens is 336 g/mol. The first-order chi connectivity index (χ1) is 12.5. The van der Waals surface area contributed by atoms with Crippen LogP contribution in [0.15, 0.2) is 48.5 Å². The Hall–Kier alpha value is -3.37. The molecule has 0 spiro atoms. The lowest BCUT2D eigenvalue weighted by Gasteiger charge is -2.16. The molecule has 7 nitrogen and oxygen atoms in total. The summed E-state index contributed by atoms with van der Waals surface area (Å²) in [7, 11) is 1.25. The Balaban J connectivity index is 1.92. The van der Waals surface area contributed by atoms with Gasteiger partial charge in [-0.1, -0.05) is 18.2 Å². The number of ether oxygens (including phenoxy) is 2. The van der Waals surface area contributed by atoms with Crippen LogP contribution in [0, 0.1) is 17.2 Å². The third-order valence-electron chi connectivity index (χ3n) is 4.49. The number of hydrogen-bond acceptors (Lipinski definition) is 6. The maximum atomic E-state index is 12.3. The van der Waals surface area contributed by atoms with Crippen molar-refractivity contribution in [3.63, 3.8) is 0 Å². The zero-order valence-corrected chi connectivity index (χ0v) is 13.9. The van der Waals surface area contributed by atoms with Gasteiger partial charge in [-0.25, -0.2) is 5.48 Å². The molecule has 0 radical (unpaired) electrons. The lowest BCUT2D eigenvalue weighted by Crippen LogP contribution is -2.31. The van der Waals surface area contributed by atoms with Gasteiger partial charge in [0, 0.05) is 0 Å². The molecule has 3 rings (SSSR count). The highest BCUT2D eigenvalue weighted by atomic mass is 16.5. The first-order valence-corrected chi connectivity index (χ1v) is 7.86. The van der Waals surface area contributed by atoms with Crippen molar-refractivity contribution in [2.45, 2.75) is 11.8 Å². The van der Waals surface area contributed by atoms with Crippen molar-refractivity contribution >= 4 is 11.9 Å². The average Bonchev–Trinajstić information content (AvgIpc) is 3.44. The molecule has 1 amide bonds. The van der Waals surface area contributed by atoms with Gasteiger partial charge in [0.25, 0.3) is 0 Å². The number of methoxy groups -OCH3 is 1. The summed E-state index contributed by atoms with van der Waals surface area (Å²) in [4.78, 5) is 24.1. The first kappa shape index (κ1) is 17.5. The summed E-state index contributed by atoms with van der Waals surface area (Å²) in [6, 6.07) is 15.5. The van der Waals surface area contributed by atoms with Gasteiger partial charge < -0.3 is 9.47 Å². The van der Waals surface area contributed by atoms with E-state index in [1.165, 1.54) is 7.11 Å². The Morgan fingerprint density at radius 3 is 2.58 bits per heavy atom. The number of nitrogens with zero attached hydrogens (tertiary/aromatic N) is 1. The fourth-order valence-corrected chi connectivity index (χ4v) is 3.10. The predicted molar refractivity (Wildman–Crippen MR) is 89.4 cm³/mol. The van der Waals surface area contributed by atoms with E-state index in [1.54, 1.807) is 54.0 Å². The van der Waals surface area contributed by atoms with E-state index in [9.17, 15) is 9.59 Å². The summed E-state index contributed by atoms with van der Waals surface area (Å²) in [5.74, 6) is -0.958. The normalized spacial score (nSPS) is 20.6. The van der Waals surface area contributed by atoms with Crippen molar-refractivity contribution < 1.29 is 24.3 Å². The minimum absolute atomic E-state index is 0.236. The maximum Gasteiger partial charge on any atom is 0.317 e. The van der Waals surface area contributed by atoms with Crippen LogP contribution in [0.3, 0.4) is 0 Å². The Bertz CT molecular complexity index is 905. The monoisotopic (exact) mass is 352 g/mol. The molecule has 2 aromatic carbocycles. The SMILES string of the molecule is COC(=O)C1(c2cccc(Oc3cccc(C#N)c3)c2)CC1C(=O)NO. The summed E-state index contributed by atoms with van der Waals surface area (Å²) < 4.78 is 10.6. The molecule has 0 heterocycles. The second-order valence-electron chi connectivity index (χ2n) is 5.97. The van der Waals surface area contributed by atoms with Crippen molar-refractivity contribution in [1.29, 1.82) is 5.26 Å². The molecule has 132 valence electrons. The molecule has 2 aromatic rings. The van der Waals surface area contributed by atoms with Crippen LogP contribution in [0.4, 0.5) is 0 Å². The van der Waals surface area contributed by atoms with Gasteiger partial charge in [0.15, 0.2) is 0 Å². The standard InChI is InChI=1S/C19H16N2O5/c1-25-18(23)19(10-16(19)17(22)21-24)13-5-3-7-15(9-13)26-14-6-2-4-12(8-14)11-20/h2-9,16,24H,10H2,1H3,(H,21,22). The number of hydroxylamine groups is 1. The molecule has 26 heavy (non-hydrogen) atoms. The lowest BCUT2D eigenvalue weighted by atomic mass is 9.92. The van der Waals surface area contributed by atoms with Crippen LogP contribution < -0.4 is 10.2 Å². The second kappa shape index (κ2) is 6.86. The van der Waals surface area contributed by atoms with Gasteiger partial charge in [-0.15, -0.1) is 0 Å². The minimum atomic E-state index is -1.14. The highest BCUT2D eigenvalue weighted by molar-refractivity contribution is 5.97. The molecule has 1 saturated carbocycles. The van der Waals surface area contributed by atoms with Gasteiger partial charge in [0.2, 0.25) is 5.91 Å². The molecular formula is C19H16N2O5. The Morgan fingerprint density at radius 2 is 1.92 bits per heavy atom. The van der Waals surface area contributed by atoms with E-state index in [0.717, 1.165) is 0 Å². The molecule has 0 bridgehead atoms. The molecule has 2 unspecified atom stereocenters. The number of hydrogen-bond donors (Lipinski definition) is 2. The predicted octanol–water partition coefficient (Wildman–Crippen LogP) is 2.29. The zero-order valence-electron chi connectivity index (χ0n) is 13.9. The molecule has 0 saturated heterocycles. The summed E-state index contributed by atoms with van der Waals surface area (Å²) in [6.45, 7) is 0. The molecule has 1 aliphatic carbocycles. The van der Waals surface area contributed by atoms with Crippen LogP contribution in [-0.4, -0.2) is 24.2 Å². The maximum absolute atomic E-state index is 12.3. The minimum Gasteiger partial charge on any atom is -0.468 e. The van der Waals surface area contributed by atoms with Crippen LogP contribution in [0.25, 0.3) is 0 Å². The van der Waals surface area contributed by atoms with Gasteiger partial charge in [-0.2, -0.15) is 5.26 Å². The Kier molecular flexibility index (Phi) is 4.61. The molecule has 1 fully saturated rings. The third kappa shape index (κ3) is 2.98. The number of rotatable bonds is 5. The van der Waals surface area contributed by atoms with E-state index in [2.05, 4.69) is 0 Å². The van der Waals surface area contributed by atoms with Gasteiger partial charge in [-0.3, -0.25) is 14.8 Å². The molecule has 7 heteroatoms. The van der Waals surface area contributed by atoms with E-state index in [0.29, 0.717) is 22.6 Å². The zero-order chi connectivity index (χ0) is 18.7. The summed E-state index contributed by atoms with van der Waals surface area (Å²) in [6.07, 6.45) is 0.236. The van der Waals surface area contributed by atoms with Crippen LogP contribution in [0.1, 0.15) is 17.5 Å². The molecule has 1 aliphatic rings. The Morgan fingerprint density at radius 1 is 1.23 bits per heavy atom. The first-order valence-electron chi connectivity index (χ1n) is 7.86. The molecule has 0 aliphatic heterocycles. The van der Waals surface area contributed by atoms with Crippen LogP contribution >= 0.6 is 0 Å². The largest absolute Gasteiger partial charge is 0.468 e. The number of amides is 1. The quantitative estimate of drug-likeness (QED) is 0.485. The van der Waals surface area contributed by atoms with Crippen molar-refractivity contribution in [2.24, 2.45) is 5.92 Å². The van der Waals surface area contributed by atoms with E-state index < -0.39 is 23.2 Å². The fourth-order valence-electron chi connectivity index (χ4n) is 3.10. The van der Waals surface area contributed by atoms with Crippen molar-refractivity contribution in [2.75, 3.05) is 7.11 Å². The average molecular weight is 352 g/mol. The van der Waals surface area contributed by atoms with E-state index in [-0.39, 0.29) is 6.42 Å². The number of carbonyl (C=O) groups is 2. The highest BCUT2D eigenvalue weighted by Crippen LogP contribution is 2.55. The van der Waals surface area contributed by atoms with Gasteiger partial charge >= 0.3 is 5.97 Å². The van der Waals surface area contributed by atoms with Crippen molar-refractivity contribution in [1.82, 2.24) is 5.48 Å². The van der Waals surface area contributed by atoms with Crippen LogP contribution in [0.2, 0.25) is 0 Å². The molecule has 2 atom stereocenters. The summed E-state index contributed by atoms with van der Waals surface area (Å²) >= 11 is 0. The number of nitrogens with one attached hydrogen (secondary N) is 1. The third-order valence-corrected chi connectivity index (χ3v) is 4.49. The molecule has 0 aromatic heterocycles. The van der Waals surface area contributed by atoms with Crippen LogP contribution in [-0.2, 0) is 19.7 Å². The molecule has 2 N–H and O–H groups in total. The summed E-state index contributed by atoms with van der Waals surface area (Å²) in [5.41, 5.74) is 1.47. The highest BCUT2D eigenvalue weighted by Gasteiger charge is 2.65. The van der Waals surface area contributed by atoms with E-state index >= 15 is 0 Å². The van der Waals surface area contributed by atoms with Crippen molar-refractivity contribution in [3.05, 3.63) is 59.7 Å². The number of esters is 1. The summed E-state index contributed by atoms with van der Waals surface area (Å²) in [5, 5.41) is 17.8. The van der Waals surface area contributed by atoms with E-state index in [1.807, 2.05) is 6.07 Å². The lowest BCUT2D eigenvalue weighted by molar-refractivity contribution is -0.146. The second-order valence-corrected chi connectivity index (χ2v) is 5.97. The fraction of sp³-hybridized carbons (Fsp3) is 0.211. The number of carbonyl (C=O) groups excluding carboxylic acids is 2. The van der Waals surface area contributed by atoms with E-state index in [4.69, 9.17) is 19.9 Å². The number of nitriles is 1. The van der Waals surface area contributed by atoms with Gasteiger partial charge in [0.05, 0.1) is 24.7 Å². The Labute approximate surface area is 149 Å².